The first-order valence-corrected chi connectivity index (χ1v) is 10.1. The number of hydrogen-bond donors (Lipinski definition) is 2. The maximum absolute atomic E-state index is 12.2. The standard InChI is InChI=1S/C20H39N3O2/c1-19(2,3)25-18(24)22-20(4,5)13-16(14-21)23-12-8-11-17(23)15-9-6-7-10-15/h15-17H,6-14,21H2,1-5H3,(H,22,24). The summed E-state index contributed by atoms with van der Waals surface area (Å²) in [6.07, 6.45) is 8.60. The molecule has 1 saturated heterocycles. The van der Waals surface area contributed by atoms with Gasteiger partial charge in [-0.2, -0.15) is 0 Å². The summed E-state index contributed by atoms with van der Waals surface area (Å²) in [6.45, 7) is 11.6. The molecular formula is C20H39N3O2. The molecule has 3 N–H and O–H groups in total. The molecule has 2 unspecified atom stereocenters. The Bertz CT molecular complexity index is 439. The minimum absolute atomic E-state index is 0.318. The third kappa shape index (κ3) is 6.14. The van der Waals surface area contributed by atoms with Crippen molar-refractivity contribution in [1.29, 1.82) is 0 Å². The van der Waals surface area contributed by atoms with Crippen molar-refractivity contribution in [1.82, 2.24) is 10.2 Å². The number of likely N-dealkylation sites (tertiary alicyclic amines) is 1. The van der Waals surface area contributed by atoms with Crippen LogP contribution in [0.3, 0.4) is 0 Å². The highest BCUT2D eigenvalue weighted by Crippen LogP contribution is 2.37. The molecule has 5 heteroatoms. The Morgan fingerprint density at radius 3 is 2.36 bits per heavy atom. The predicted molar refractivity (Wildman–Crippen MR) is 103 cm³/mol. The van der Waals surface area contributed by atoms with Crippen molar-refractivity contribution in [2.45, 2.75) is 103 Å². The normalized spacial score (nSPS) is 24.5. The van der Waals surface area contributed by atoms with Crippen LogP contribution in [-0.4, -0.2) is 47.3 Å². The SMILES string of the molecule is CC(C)(CC(CN)N1CCCC1C1CCCC1)NC(=O)OC(C)(C)C. The third-order valence-corrected chi connectivity index (χ3v) is 5.61. The first-order chi connectivity index (χ1) is 11.6. The van der Waals surface area contributed by atoms with Crippen LogP contribution in [0.1, 0.15) is 79.6 Å². The molecule has 1 saturated carbocycles. The van der Waals surface area contributed by atoms with Crippen LogP contribution in [-0.2, 0) is 4.74 Å². The fourth-order valence-corrected chi connectivity index (χ4v) is 4.67. The van der Waals surface area contributed by atoms with Crippen molar-refractivity contribution in [3.05, 3.63) is 0 Å². The van der Waals surface area contributed by atoms with Gasteiger partial charge in [-0.1, -0.05) is 12.8 Å². The second-order valence-corrected chi connectivity index (χ2v) is 9.60. The average Bonchev–Trinajstić information content (AvgIpc) is 3.12. The fourth-order valence-electron chi connectivity index (χ4n) is 4.67. The summed E-state index contributed by atoms with van der Waals surface area (Å²) >= 11 is 0. The van der Waals surface area contributed by atoms with Gasteiger partial charge in [0.05, 0.1) is 0 Å². The van der Waals surface area contributed by atoms with Gasteiger partial charge in [-0.25, -0.2) is 4.79 Å². The molecule has 2 aliphatic rings. The number of amides is 1. The molecule has 0 spiro atoms. The summed E-state index contributed by atoms with van der Waals surface area (Å²) in [6, 6.07) is 1.01. The average molecular weight is 354 g/mol. The molecule has 5 nitrogen and oxygen atoms in total. The van der Waals surface area contributed by atoms with Crippen molar-refractivity contribution >= 4 is 6.09 Å². The Balaban J connectivity index is 1.95. The largest absolute Gasteiger partial charge is 0.444 e. The number of nitrogens with two attached hydrogens (primary N) is 1. The first kappa shape index (κ1) is 20.5. The van der Waals surface area contributed by atoms with Gasteiger partial charge in [0.2, 0.25) is 0 Å². The van der Waals surface area contributed by atoms with E-state index in [0.717, 1.165) is 18.9 Å². The van der Waals surface area contributed by atoms with E-state index in [9.17, 15) is 4.79 Å². The van der Waals surface area contributed by atoms with E-state index in [4.69, 9.17) is 10.5 Å². The number of carbonyl (C=O) groups excluding carboxylic acids is 1. The Morgan fingerprint density at radius 1 is 1.16 bits per heavy atom. The van der Waals surface area contributed by atoms with Gasteiger partial charge < -0.3 is 15.8 Å². The molecule has 0 aromatic heterocycles. The first-order valence-electron chi connectivity index (χ1n) is 10.1. The zero-order chi connectivity index (χ0) is 18.7. The molecule has 0 aromatic carbocycles. The molecule has 1 aliphatic heterocycles. The lowest BCUT2D eigenvalue weighted by atomic mass is 9.91. The lowest BCUT2D eigenvalue weighted by molar-refractivity contribution is 0.0436. The Labute approximate surface area is 154 Å². The van der Waals surface area contributed by atoms with Crippen molar-refractivity contribution in [3.63, 3.8) is 0 Å². The quantitative estimate of drug-likeness (QED) is 0.765. The second kappa shape index (κ2) is 8.26. The van der Waals surface area contributed by atoms with E-state index in [-0.39, 0.29) is 11.6 Å². The van der Waals surface area contributed by atoms with E-state index in [2.05, 4.69) is 24.1 Å². The third-order valence-electron chi connectivity index (χ3n) is 5.61. The number of hydrogen-bond acceptors (Lipinski definition) is 4. The van der Waals surface area contributed by atoms with Crippen LogP contribution >= 0.6 is 0 Å². The van der Waals surface area contributed by atoms with E-state index < -0.39 is 5.60 Å². The number of nitrogens with one attached hydrogen (secondary N) is 1. The molecule has 1 aliphatic carbocycles. The number of nitrogens with zero attached hydrogens (tertiary/aromatic N) is 1. The Kier molecular flexibility index (Phi) is 6.77. The van der Waals surface area contributed by atoms with Gasteiger partial charge in [0.25, 0.3) is 0 Å². The Morgan fingerprint density at radius 2 is 1.80 bits per heavy atom. The van der Waals surface area contributed by atoms with Gasteiger partial charge >= 0.3 is 6.09 Å². The zero-order valence-corrected chi connectivity index (χ0v) is 16.9. The molecule has 1 heterocycles. The van der Waals surface area contributed by atoms with Crippen LogP contribution < -0.4 is 11.1 Å². The Hall–Kier alpha value is -0.810. The molecule has 0 bridgehead atoms. The summed E-state index contributed by atoms with van der Waals surface area (Å²) in [5, 5.41) is 3.04. The summed E-state index contributed by atoms with van der Waals surface area (Å²) in [4.78, 5) is 14.8. The summed E-state index contributed by atoms with van der Waals surface area (Å²) in [5.74, 6) is 0.846. The lowest BCUT2D eigenvalue weighted by Crippen LogP contribution is -2.53. The fraction of sp³-hybridized carbons (Fsp3) is 0.950. The van der Waals surface area contributed by atoms with Crippen LogP contribution in [0.5, 0.6) is 0 Å². The number of rotatable bonds is 6. The number of ether oxygens (including phenoxy) is 1. The minimum atomic E-state index is -0.476. The van der Waals surface area contributed by atoms with E-state index in [1.807, 2.05) is 20.8 Å². The monoisotopic (exact) mass is 353 g/mol. The zero-order valence-electron chi connectivity index (χ0n) is 16.9. The molecule has 0 radical (unpaired) electrons. The highest BCUT2D eigenvalue weighted by atomic mass is 16.6. The summed E-state index contributed by atoms with van der Waals surface area (Å²) < 4.78 is 5.42. The summed E-state index contributed by atoms with van der Waals surface area (Å²) in [7, 11) is 0. The highest BCUT2D eigenvalue weighted by molar-refractivity contribution is 5.68. The van der Waals surface area contributed by atoms with Crippen molar-refractivity contribution in [2.75, 3.05) is 13.1 Å². The predicted octanol–water partition coefficient (Wildman–Crippen LogP) is 3.66. The second-order valence-electron chi connectivity index (χ2n) is 9.60. The highest BCUT2D eigenvalue weighted by Gasteiger charge is 2.38. The van der Waals surface area contributed by atoms with Crippen LogP contribution in [0.4, 0.5) is 4.79 Å². The molecule has 146 valence electrons. The molecule has 0 aromatic rings. The molecular weight excluding hydrogens is 314 g/mol. The number of carbonyl (C=O) groups is 1. The van der Waals surface area contributed by atoms with Crippen molar-refractivity contribution in [3.8, 4) is 0 Å². The lowest BCUT2D eigenvalue weighted by Gasteiger charge is -2.39. The van der Waals surface area contributed by atoms with Crippen LogP contribution in [0.25, 0.3) is 0 Å². The van der Waals surface area contributed by atoms with Gasteiger partial charge in [-0.15, -0.1) is 0 Å². The topological polar surface area (TPSA) is 67.6 Å². The van der Waals surface area contributed by atoms with Crippen molar-refractivity contribution in [2.24, 2.45) is 11.7 Å². The van der Waals surface area contributed by atoms with E-state index in [0.29, 0.717) is 18.6 Å². The van der Waals surface area contributed by atoms with Gasteiger partial charge in [0.1, 0.15) is 5.60 Å². The molecule has 25 heavy (non-hydrogen) atoms. The van der Waals surface area contributed by atoms with E-state index in [1.54, 1.807) is 0 Å². The smallest absolute Gasteiger partial charge is 0.408 e. The van der Waals surface area contributed by atoms with Crippen molar-refractivity contribution < 1.29 is 9.53 Å². The molecule has 2 fully saturated rings. The number of alkyl carbamates (subject to hydrolysis) is 1. The maximum Gasteiger partial charge on any atom is 0.408 e. The van der Waals surface area contributed by atoms with Gasteiger partial charge in [0, 0.05) is 24.2 Å². The molecule has 1 amide bonds. The van der Waals surface area contributed by atoms with E-state index >= 15 is 0 Å². The van der Waals surface area contributed by atoms with Crippen LogP contribution in [0.15, 0.2) is 0 Å². The van der Waals surface area contributed by atoms with Crippen LogP contribution in [0.2, 0.25) is 0 Å². The van der Waals surface area contributed by atoms with Gasteiger partial charge in [0.15, 0.2) is 0 Å². The van der Waals surface area contributed by atoms with Gasteiger partial charge in [-0.05, 0) is 79.2 Å². The van der Waals surface area contributed by atoms with Gasteiger partial charge in [-0.3, -0.25) is 4.90 Å². The van der Waals surface area contributed by atoms with E-state index in [1.165, 1.54) is 38.5 Å². The molecule has 2 atom stereocenters. The minimum Gasteiger partial charge on any atom is -0.444 e. The maximum atomic E-state index is 12.2. The molecule has 2 rings (SSSR count). The summed E-state index contributed by atoms with van der Waals surface area (Å²) in [5.41, 5.74) is 5.35. The van der Waals surface area contributed by atoms with Crippen LogP contribution in [0, 0.1) is 5.92 Å².